The second kappa shape index (κ2) is 9.47. The Bertz CT molecular complexity index is 1710. The number of carbonyl (C=O) groups is 1. The first-order valence-electron chi connectivity index (χ1n) is 11.4. The molecule has 176 valence electrons. The second-order valence-corrected chi connectivity index (χ2v) is 10.8. The van der Waals surface area contributed by atoms with Crippen molar-refractivity contribution in [3.63, 3.8) is 0 Å². The summed E-state index contributed by atoms with van der Waals surface area (Å²) in [6.07, 6.45) is 0. The van der Waals surface area contributed by atoms with Crippen molar-refractivity contribution in [3.05, 3.63) is 112 Å². The van der Waals surface area contributed by atoms with Gasteiger partial charge < -0.3 is 0 Å². The number of pyridine rings is 1. The van der Waals surface area contributed by atoms with Gasteiger partial charge in [-0.3, -0.25) is 9.69 Å². The standard InChI is InChI=1S/C29H20ClN3OS2/c1-18-22(30)13-14-26-27(18)32-29(36-26)33(17-19-8-3-2-4-9-19)28(34)21-16-24(25-12-7-15-35-25)31-23-11-6-5-10-20(21)23/h2-16H,17H2,1H3. The molecule has 3 heterocycles. The van der Waals surface area contributed by atoms with Gasteiger partial charge in [-0.25, -0.2) is 9.97 Å². The summed E-state index contributed by atoms with van der Waals surface area (Å²) in [5, 5.41) is 4.15. The molecule has 3 aromatic heterocycles. The predicted molar refractivity (Wildman–Crippen MR) is 151 cm³/mol. The maximum Gasteiger partial charge on any atom is 0.261 e. The summed E-state index contributed by atoms with van der Waals surface area (Å²) in [4.78, 5) is 26.9. The van der Waals surface area contributed by atoms with Crippen LogP contribution in [0.5, 0.6) is 0 Å². The van der Waals surface area contributed by atoms with E-state index in [0.29, 0.717) is 22.3 Å². The zero-order valence-corrected chi connectivity index (χ0v) is 21.7. The van der Waals surface area contributed by atoms with E-state index in [-0.39, 0.29) is 5.91 Å². The first kappa shape index (κ1) is 22.9. The monoisotopic (exact) mass is 525 g/mol. The molecule has 6 aromatic rings. The van der Waals surface area contributed by atoms with Gasteiger partial charge in [0, 0.05) is 10.4 Å². The number of fused-ring (bicyclic) bond motifs is 2. The second-order valence-electron chi connectivity index (χ2n) is 8.44. The summed E-state index contributed by atoms with van der Waals surface area (Å²) >= 11 is 9.48. The molecule has 0 bridgehead atoms. The molecule has 0 spiro atoms. The molecule has 0 atom stereocenters. The first-order valence-corrected chi connectivity index (χ1v) is 13.5. The Balaban J connectivity index is 1.53. The van der Waals surface area contributed by atoms with E-state index in [1.165, 1.54) is 11.3 Å². The van der Waals surface area contributed by atoms with Gasteiger partial charge in [0.05, 0.1) is 38.4 Å². The normalized spacial score (nSPS) is 11.3. The van der Waals surface area contributed by atoms with Crippen molar-refractivity contribution in [2.45, 2.75) is 13.5 Å². The summed E-state index contributed by atoms with van der Waals surface area (Å²) < 4.78 is 0.997. The van der Waals surface area contributed by atoms with E-state index in [1.807, 2.05) is 97.2 Å². The Morgan fingerprint density at radius 3 is 2.56 bits per heavy atom. The lowest BCUT2D eigenvalue weighted by atomic mass is 10.1. The predicted octanol–water partition coefficient (Wildman–Crippen LogP) is 8.38. The number of hydrogen-bond donors (Lipinski definition) is 0. The van der Waals surface area contributed by atoms with Crippen LogP contribution in [0, 0.1) is 6.92 Å². The van der Waals surface area contributed by atoms with Crippen LogP contribution in [0.1, 0.15) is 21.5 Å². The van der Waals surface area contributed by atoms with Crippen molar-refractivity contribution in [2.75, 3.05) is 4.90 Å². The number of hydrogen-bond acceptors (Lipinski definition) is 5. The van der Waals surface area contributed by atoms with Crippen LogP contribution in [-0.4, -0.2) is 15.9 Å². The number of benzene rings is 3. The molecular formula is C29H20ClN3OS2. The smallest absolute Gasteiger partial charge is 0.261 e. The van der Waals surface area contributed by atoms with Crippen LogP contribution in [-0.2, 0) is 6.54 Å². The minimum atomic E-state index is -0.113. The van der Waals surface area contributed by atoms with Crippen molar-refractivity contribution >= 4 is 66.4 Å². The summed E-state index contributed by atoms with van der Waals surface area (Å²) in [7, 11) is 0. The van der Waals surface area contributed by atoms with Crippen molar-refractivity contribution in [1.82, 2.24) is 9.97 Å². The number of aromatic nitrogens is 2. The van der Waals surface area contributed by atoms with Gasteiger partial charge in [-0.05, 0) is 53.8 Å². The molecule has 0 aliphatic rings. The third-order valence-electron chi connectivity index (χ3n) is 6.12. The van der Waals surface area contributed by atoms with Gasteiger partial charge in [-0.15, -0.1) is 11.3 Å². The third-order valence-corrected chi connectivity index (χ3v) is 8.46. The van der Waals surface area contributed by atoms with Gasteiger partial charge in [-0.1, -0.05) is 77.5 Å². The fraction of sp³-hybridized carbons (Fsp3) is 0.0690. The summed E-state index contributed by atoms with van der Waals surface area (Å²) in [5.74, 6) is -0.113. The summed E-state index contributed by atoms with van der Waals surface area (Å²) in [6.45, 7) is 2.36. The van der Waals surface area contributed by atoms with E-state index in [2.05, 4.69) is 0 Å². The third kappa shape index (κ3) is 4.17. The molecule has 6 rings (SSSR count). The fourth-order valence-corrected chi connectivity index (χ4v) is 6.11. The average Bonchev–Trinajstić information content (AvgIpc) is 3.60. The molecule has 0 radical (unpaired) electrons. The summed E-state index contributed by atoms with van der Waals surface area (Å²) in [5.41, 5.74) is 4.95. The molecule has 4 nitrogen and oxygen atoms in total. The topological polar surface area (TPSA) is 46.1 Å². The minimum Gasteiger partial charge on any atom is -0.279 e. The zero-order valence-electron chi connectivity index (χ0n) is 19.3. The highest BCUT2D eigenvalue weighted by Crippen LogP contribution is 2.36. The first-order chi connectivity index (χ1) is 17.6. The van der Waals surface area contributed by atoms with Gasteiger partial charge in [0.2, 0.25) is 0 Å². The number of aryl methyl sites for hydroxylation is 1. The number of rotatable bonds is 5. The Kier molecular flexibility index (Phi) is 6.01. The molecule has 0 saturated carbocycles. The summed E-state index contributed by atoms with van der Waals surface area (Å²) in [6, 6.07) is 27.6. The average molecular weight is 526 g/mol. The Morgan fingerprint density at radius 2 is 1.75 bits per heavy atom. The van der Waals surface area contributed by atoms with Crippen molar-refractivity contribution in [1.29, 1.82) is 0 Å². The van der Waals surface area contributed by atoms with Crippen LogP contribution in [0.25, 0.3) is 31.7 Å². The van der Waals surface area contributed by atoms with Gasteiger partial charge in [0.25, 0.3) is 5.91 Å². The maximum atomic E-state index is 14.4. The number of amides is 1. The van der Waals surface area contributed by atoms with Crippen molar-refractivity contribution in [3.8, 4) is 10.6 Å². The number of halogens is 1. The van der Waals surface area contributed by atoms with Gasteiger partial charge in [0.1, 0.15) is 0 Å². The van der Waals surface area contributed by atoms with Crippen LogP contribution in [0.2, 0.25) is 5.02 Å². The highest BCUT2D eigenvalue weighted by Gasteiger charge is 2.25. The van der Waals surface area contributed by atoms with Crippen molar-refractivity contribution in [2.24, 2.45) is 0 Å². The largest absolute Gasteiger partial charge is 0.279 e. The van der Waals surface area contributed by atoms with Crippen LogP contribution in [0.15, 0.2) is 90.3 Å². The molecule has 0 aliphatic heterocycles. The molecule has 0 unspecified atom stereocenters. The fourth-order valence-electron chi connectivity index (χ4n) is 4.24. The number of thiophene rings is 1. The van der Waals surface area contributed by atoms with Crippen LogP contribution >= 0.6 is 34.3 Å². The van der Waals surface area contributed by atoms with Gasteiger partial charge in [-0.2, -0.15) is 0 Å². The number of carbonyl (C=O) groups excluding carboxylic acids is 1. The van der Waals surface area contributed by atoms with E-state index < -0.39 is 0 Å². The molecule has 7 heteroatoms. The van der Waals surface area contributed by atoms with Crippen LogP contribution < -0.4 is 4.90 Å². The number of nitrogens with zero attached hydrogens (tertiary/aromatic N) is 3. The number of anilines is 1. The SMILES string of the molecule is Cc1c(Cl)ccc2sc(N(Cc3ccccc3)C(=O)c3cc(-c4cccs4)nc4ccccc34)nc12. The Labute approximate surface area is 221 Å². The molecule has 3 aromatic carbocycles. The minimum absolute atomic E-state index is 0.113. The quantitative estimate of drug-likeness (QED) is 0.227. The zero-order chi connectivity index (χ0) is 24.6. The van der Waals surface area contributed by atoms with Gasteiger partial charge in [0.15, 0.2) is 5.13 Å². The van der Waals surface area contributed by atoms with E-state index in [1.54, 1.807) is 16.2 Å². The lowest BCUT2D eigenvalue weighted by molar-refractivity contribution is 0.0986. The van der Waals surface area contributed by atoms with E-state index >= 15 is 0 Å². The van der Waals surface area contributed by atoms with E-state index in [0.717, 1.165) is 42.8 Å². The molecule has 0 aliphatic carbocycles. The molecule has 0 fully saturated rings. The van der Waals surface area contributed by atoms with Crippen LogP contribution in [0.3, 0.4) is 0 Å². The number of para-hydroxylation sites is 1. The molecule has 1 amide bonds. The molecule has 0 saturated heterocycles. The Morgan fingerprint density at radius 1 is 0.944 bits per heavy atom. The highest BCUT2D eigenvalue weighted by atomic mass is 35.5. The maximum absolute atomic E-state index is 14.4. The lowest BCUT2D eigenvalue weighted by Crippen LogP contribution is -2.30. The van der Waals surface area contributed by atoms with Crippen LogP contribution in [0.4, 0.5) is 5.13 Å². The van der Waals surface area contributed by atoms with E-state index in [9.17, 15) is 4.79 Å². The van der Waals surface area contributed by atoms with Gasteiger partial charge >= 0.3 is 0 Å². The molecule has 0 N–H and O–H groups in total. The lowest BCUT2D eigenvalue weighted by Gasteiger charge is -2.21. The molecular weight excluding hydrogens is 506 g/mol. The highest BCUT2D eigenvalue weighted by molar-refractivity contribution is 7.22. The molecule has 36 heavy (non-hydrogen) atoms. The number of thiazole rings is 1. The van der Waals surface area contributed by atoms with E-state index in [4.69, 9.17) is 21.6 Å². The Hall–Kier alpha value is -3.58. The van der Waals surface area contributed by atoms with Crippen molar-refractivity contribution < 1.29 is 4.79 Å².